The van der Waals surface area contributed by atoms with Gasteiger partial charge in [0, 0.05) is 6.07 Å². The van der Waals surface area contributed by atoms with Crippen LogP contribution in [0.1, 0.15) is 5.56 Å². The normalized spacial score (nSPS) is 10.9. The number of aromatic nitrogens is 2. The van der Waals surface area contributed by atoms with E-state index in [0.29, 0.717) is 17.1 Å². The van der Waals surface area contributed by atoms with Gasteiger partial charge in [-0.3, -0.25) is 0 Å². The van der Waals surface area contributed by atoms with Crippen molar-refractivity contribution in [3.63, 3.8) is 0 Å². The zero-order chi connectivity index (χ0) is 13.4. The fourth-order valence-electron chi connectivity index (χ4n) is 2.12. The number of rotatable bonds is 2. The SMILES string of the molecule is COc1ccc(-c2nc3c(C)cccc3[nH]2)c(F)c1. The van der Waals surface area contributed by atoms with Gasteiger partial charge in [-0.05, 0) is 30.7 Å². The van der Waals surface area contributed by atoms with Crippen molar-refractivity contribution < 1.29 is 9.13 Å². The molecule has 0 saturated heterocycles. The molecule has 1 aromatic heterocycles. The number of ether oxygens (including phenoxy) is 1. The molecule has 3 nitrogen and oxygen atoms in total. The van der Waals surface area contributed by atoms with Crippen LogP contribution >= 0.6 is 0 Å². The van der Waals surface area contributed by atoms with Crippen LogP contribution in [0.4, 0.5) is 4.39 Å². The monoisotopic (exact) mass is 256 g/mol. The molecule has 0 fully saturated rings. The van der Waals surface area contributed by atoms with Gasteiger partial charge in [-0.2, -0.15) is 0 Å². The summed E-state index contributed by atoms with van der Waals surface area (Å²) in [5.74, 6) is 0.675. The quantitative estimate of drug-likeness (QED) is 0.759. The van der Waals surface area contributed by atoms with E-state index in [0.717, 1.165) is 16.6 Å². The maximum atomic E-state index is 14.0. The molecule has 0 aliphatic rings. The molecular formula is C15H13FN2O. The minimum atomic E-state index is -0.351. The zero-order valence-electron chi connectivity index (χ0n) is 10.7. The number of nitrogens with one attached hydrogen (secondary N) is 1. The Kier molecular flexibility index (Phi) is 2.71. The van der Waals surface area contributed by atoms with E-state index in [1.165, 1.54) is 13.2 Å². The van der Waals surface area contributed by atoms with Crippen LogP contribution in [-0.2, 0) is 0 Å². The van der Waals surface area contributed by atoms with Gasteiger partial charge in [0.25, 0.3) is 0 Å². The van der Waals surface area contributed by atoms with Crippen molar-refractivity contribution in [2.75, 3.05) is 7.11 Å². The Balaban J connectivity index is 2.16. The predicted octanol–water partition coefficient (Wildman–Crippen LogP) is 3.69. The molecule has 0 amide bonds. The molecule has 1 heterocycles. The molecular weight excluding hydrogens is 243 g/mol. The summed E-state index contributed by atoms with van der Waals surface area (Å²) in [6, 6.07) is 10.6. The zero-order valence-corrected chi connectivity index (χ0v) is 10.7. The standard InChI is InChI=1S/C15H13FN2O/c1-9-4-3-5-13-14(9)18-15(17-13)11-7-6-10(19-2)8-12(11)16/h3-8H,1-2H3,(H,17,18). The number of H-pyrrole nitrogens is 1. The van der Waals surface area contributed by atoms with Gasteiger partial charge in [0.1, 0.15) is 17.4 Å². The summed E-state index contributed by atoms with van der Waals surface area (Å²) >= 11 is 0. The van der Waals surface area contributed by atoms with E-state index in [1.807, 2.05) is 25.1 Å². The van der Waals surface area contributed by atoms with E-state index in [1.54, 1.807) is 12.1 Å². The number of nitrogens with zero attached hydrogens (tertiary/aromatic N) is 1. The number of halogens is 1. The Labute approximate surface area is 110 Å². The Morgan fingerprint density at radius 2 is 2.05 bits per heavy atom. The van der Waals surface area contributed by atoms with Gasteiger partial charge in [0.05, 0.1) is 23.7 Å². The summed E-state index contributed by atoms with van der Waals surface area (Å²) in [5, 5.41) is 0. The molecule has 3 rings (SSSR count). The lowest BCUT2D eigenvalue weighted by molar-refractivity contribution is 0.411. The molecule has 19 heavy (non-hydrogen) atoms. The van der Waals surface area contributed by atoms with Crippen LogP contribution < -0.4 is 4.74 Å². The molecule has 3 aromatic rings. The summed E-state index contributed by atoms with van der Waals surface area (Å²) in [6.45, 7) is 1.98. The lowest BCUT2D eigenvalue weighted by Crippen LogP contribution is -1.89. The highest BCUT2D eigenvalue weighted by molar-refractivity contribution is 5.82. The van der Waals surface area contributed by atoms with Crippen molar-refractivity contribution in [2.24, 2.45) is 0 Å². The number of methoxy groups -OCH3 is 1. The van der Waals surface area contributed by atoms with Crippen LogP contribution in [-0.4, -0.2) is 17.1 Å². The molecule has 0 atom stereocenters. The summed E-state index contributed by atoms with van der Waals surface area (Å²) in [6.07, 6.45) is 0. The predicted molar refractivity (Wildman–Crippen MR) is 72.8 cm³/mol. The van der Waals surface area contributed by atoms with Crippen LogP contribution in [0.5, 0.6) is 5.75 Å². The maximum Gasteiger partial charge on any atom is 0.141 e. The second kappa shape index (κ2) is 4.39. The van der Waals surface area contributed by atoms with Gasteiger partial charge in [0.15, 0.2) is 0 Å². The highest BCUT2D eigenvalue weighted by Gasteiger charge is 2.11. The van der Waals surface area contributed by atoms with Crippen LogP contribution in [0.2, 0.25) is 0 Å². The third-order valence-corrected chi connectivity index (χ3v) is 3.15. The van der Waals surface area contributed by atoms with E-state index < -0.39 is 0 Å². The van der Waals surface area contributed by atoms with Crippen molar-refractivity contribution in [2.45, 2.75) is 6.92 Å². The fraction of sp³-hybridized carbons (Fsp3) is 0.133. The van der Waals surface area contributed by atoms with Crippen molar-refractivity contribution in [1.29, 1.82) is 0 Å². The summed E-state index contributed by atoms with van der Waals surface area (Å²) in [5.41, 5.74) is 3.28. The molecule has 1 N–H and O–H groups in total. The first kappa shape index (κ1) is 11.7. The van der Waals surface area contributed by atoms with E-state index in [-0.39, 0.29) is 5.82 Å². The molecule has 0 aliphatic heterocycles. The summed E-state index contributed by atoms with van der Waals surface area (Å²) in [7, 11) is 1.51. The Hall–Kier alpha value is -2.36. The lowest BCUT2D eigenvalue weighted by Gasteiger charge is -2.02. The molecule has 0 unspecified atom stereocenters. The van der Waals surface area contributed by atoms with Crippen molar-refractivity contribution in [1.82, 2.24) is 9.97 Å². The van der Waals surface area contributed by atoms with Gasteiger partial charge in [-0.1, -0.05) is 12.1 Å². The second-order valence-corrected chi connectivity index (χ2v) is 4.40. The smallest absolute Gasteiger partial charge is 0.141 e. The fourth-order valence-corrected chi connectivity index (χ4v) is 2.12. The molecule has 0 radical (unpaired) electrons. The van der Waals surface area contributed by atoms with Crippen molar-refractivity contribution in [3.8, 4) is 17.1 Å². The van der Waals surface area contributed by atoms with Gasteiger partial charge in [-0.25, -0.2) is 9.37 Å². The first-order valence-electron chi connectivity index (χ1n) is 5.98. The topological polar surface area (TPSA) is 37.9 Å². The number of hydrogen-bond acceptors (Lipinski definition) is 2. The van der Waals surface area contributed by atoms with Gasteiger partial charge < -0.3 is 9.72 Å². The lowest BCUT2D eigenvalue weighted by atomic mass is 10.2. The average molecular weight is 256 g/mol. The number of para-hydroxylation sites is 1. The molecule has 0 spiro atoms. The highest BCUT2D eigenvalue weighted by Crippen LogP contribution is 2.26. The summed E-state index contributed by atoms with van der Waals surface area (Å²) in [4.78, 5) is 7.60. The van der Waals surface area contributed by atoms with E-state index in [9.17, 15) is 4.39 Å². The largest absolute Gasteiger partial charge is 0.497 e. The molecule has 0 bridgehead atoms. The van der Waals surface area contributed by atoms with E-state index in [4.69, 9.17) is 4.74 Å². The number of fused-ring (bicyclic) bond motifs is 1. The number of imidazole rings is 1. The number of hydrogen-bond donors (Lipinski definition) is 1. The van der Waals surface area contributed by atoms with Gasteiger partial charge >= 0.3 is 0 Å². The molecule has 2 aromatic carbocycles. The third kappa shape index (κ3) is 1.95. The average Bonchev–Trinajstić information content (AvgIpc) is 2.83. The van der Waals surface area contributed by atoms with Crippen LogP contribution in [0.25, 0.3) is 22.4 Å². The first-order valence-corrected chi connectivity index (χ1v) is 5.98. The Morgan fingerprint density at radius 3 is 2.74 bits per heavy atom. The van der Waals surface area contributed by atoms with Gasteiger partial charge in [-0.15, -0.1) is 0 Å². The van der Waals surface area contributed by atoms with Gasteiger partial charge in [0.2, 0.25) is 0 Å². The van der Waals surface area contributed by atoms with Crippen LogP contribution in [0.15, 0.2) is 36.4 Å². The number of aryl methyl sites for hydroxylation is 1. The Bertz CT molecular complexity index is 749. The minimum Gasteiger partial charge on any atom is -0.497 e. The third-order valence-electron chi connectivity index (χ3n) is 3.15. The van der Waals surface area contributed by atoms with Crippen LogP contribution in [0.3, 0.4) is 0 Å². The molecule has 0 saturated carbocycles. The van der Waals surface area contributed by atoms with E-state index >= 15 is 0 Å². The first-order chi connectivity index (χ1) is 9.19. The minimum absolute atomic E-state index is 0.351. The molecule has 96 valence electrons. The number of aromatic amines is 1. The summed E-state index contributed by atoms with van der Waals surface area (Å²) < 4.78 is 19.0. The maximum absolute atomic E-state index is 14.0. The second-order valence-electron chi connectivity index (χ2n) is 4.40. The molecule has 4 heteroatoms. The number of benzene rings is 2. The van der Waals surface area contributed by atoms with Crippen LogP contribution in [0, 0.1) is 12.7 Å². The Morgan fingerprint density at radius 1 is 1.21 bits per heavy atom. The molecule has 0 aliphatic carbocycles. The highest BCUT2D eigenvalue weighted by atomic mass is 19.1. The van der Waals surface area contributed by atoms with Crippen molar-refractivity contribution in [3.05, 3.63) is 47.8 Å². The van der Waals surface area contributed by atoms with Crippen molar-refractivity contribution >= 4 is 11.0 Å². The van der Waals surface area contributed by atoms with E-state index in [2.05, 4.69) is 9.97 Å².